The van der Waals surface area contributed by atoms with Crippen LogP contribution in [0, 0.1) is 11.3 Å². The molecule has 0 bridgehead atoms. The number of ether oxygens (including phenoxy) is 1. The molecule has 21 heavy (non-hydrogen) atoms. The largest absolute Gasteiger partial charge is 0.481 e. The van der Waals surface area contributed by atoms with E-state index in [4.69, 9.17) is 9.84 Å². The van der Waals surface area contributed by atoms with Gasteiger partial charge in [-0.3, -0.25) is 9.59 Å². The number of carboxylic acid groups (broad SMARTS) is 1. The molecule has 1 saturated carbocycles. The van der Waals surface area contributed by atoms with Crippen LogP contribution in [0.25, 0.3) is 0 Å². The smallest absolute Gasteiger partial charge is 0.333 e. The van der Waals surface area contributed by atoms with Crippen molar-refractivity contribution < 1.29 is 24.2 Å². The van der Waals surface area contributed by atoms with Gasteiger partial charge in [0, 0.05) is 17.4 Å². The molecule has 1 aliphatic rings. The van der Waals surface area contributed by atoms with E-state index in [1.54, 1.807) is 6.92 Å². The molecule has 1 aliphatic carbocycles. The summed E-state index contributed by atoms with van der Waals surface area (Å²) in [5.74, 6) is -2.88. The number of Topliss-reactive ketones (excluding diaryl/α,β-unsaturated/α-hetero) is 1. The Kier molecular flexibility index (Phi) is 6.12. The summed E-state index contributed by atoms with van der Waals surface area (Å²) in [5, 5.41) is 8.94. The average molecular weight is 296 g/mol. The van der Waals surface area contributed by atoms with Crippen LogP contribution in [0.2, 0.25) is 0 Å². The first kappa shape index (κ1) is 17.4. The highest BCUT2D eigenvalue weighted by Crippen LogP contribution is 2.40. The first-order valence-corrected chi connectivity index (χ1v) is 7.35. The van der Waals surface area contributed by atoms with Gasteiger partial charge < -0.3 is 9.84 Å². The topological polar surface area (TPSA) is 80.7 Å². The van der Waals surface area contributed by atoms with Crippen molar-refractivity contribution in [3.05, 3.63) is 12.2 Å². The lowest BCUT2D eigenvalue weighted by Crippen LogP contribution is -2.36. The van der Waals surface area contributed by atoms with E-state index in [1.165, 1.54) is 6.92 Å². The van der Waals surface area contributed by atoms with Crippen molar-refractivity contribution in [2.75, 3.05) is 6.61 Å². The monoisotopic (exact) mass is 296 g/mol. The van der Waals surface area contributed by atoms with Crippen LogP contribution in [0.3, 0.4) is 0 Å². The van der Waals surface area contributed by atoms with Crippen molar-refractivity contribution in [2.45, 2.75) is 52.4 Å². The minimum Gasteiger partial charge on any atom is -0.481 e. The third-order valence-corrected chi connectivity index (χ3v) is 4.17. The molecular formula is C16H24O5. The third-order valence-electron chi connectivity index (χ3n) is 4.17. The summed E-state index contributed by atoms with van der Waals surface area (Å²) in [4.78, 5) is 34.6. The third kappa shape index (κ3) is 4.99. The van der Waals surface area contributed by atoms with Crippen molar-refractivity contribution in [1.29, 1.82) is 0 Å². The van der Waals surface area contributed by atoms with Gasteiger partial charge in [0.1, 0.15) is 11.7 Å². The van der Waals surface area contributed by atoms with Gasteiger partial charge in [-0.2, -0.15) is 0 Å². The fourth-order valence-corrected chi connectivity index (χ4v) is 2.68. The van der Waals surface area contributed by atoms with Crippen molar-refractivity contribution >= 4 is 17.7 Å². The van der Waals surface area contributed by atoms with Gasteiger partial charge in [0.2, 0.25) is 0 Å². The molecule has 1 fully saturated rings. The molecule has 0 amide bonds. The van der Waals surface area contributed by atoms with E-state index >= 15 is 0 Å². The number of rotatable bonds is 7. The predicted molar refractivity (Wildman–Crippen MR) is 77.7 cm³/mol. The molecule has 0 aliphatic heterocycles. The van der Waals surface area contributed by atoms with Crippen molar-refractivity contribution in [2.24, 2.45) is 11.3 Å². The Balaban J connectivity index is 2.74. The van der Waals surface area contributed by atoms with Gasteiger partial charge in [-0.1, -0.05) is 25.8 Å². The molecule has 1 unspecified atom stereocenters. The Hall–Kier alpha value is -1.65. The highest BCUT2D eigenvalue weighted by Gasteiger charge is 2.38. The quantitative estimate of drug-likeness (QED) is 0.444. The number of carboxylic acids is 1. The molecule has 0 heterocycles. The Bertz CT molecular complexity index is 432. The second-order valence-corrected chi connectivity index (χ2v) is 6.12. The van der Waals surface area contributed by atoms with Crippen LogP contribution in [0.4, 0.5) is 0 Å². The summed E-state index contributed by atoms with van der Waals surface area (Å²) >= 11 is 0. The van der Waals surface area contributed by atoms with Crippen molar-refractivity contribution in [3.63, 3.8) is 0 Å². The zero-order valence-electron chi connectivity index (χ0n) is 12.8. The Morgan fingerprint density at radius 3 is 2.29 bits per heavy atom. The minimum absolute atomic E-state index is 0.157. The van der Waals surface area contributed by atoms with E-state index in [0.29, 0.717) is 5.57 Å². The van der Waals surface area contributed by atoms with Gasteiger partial charge in [0.15, 0.2) is 0 Å². The molecule has 0 aromatic carbocycles. The normalized spacial score (nSPS) is 18.6. The molecule has 1 rings (SSSR count). The SMILES string of the molecule is C=C(C)C(=O)OCC1(CC(=O)C(C)C(=O)O)CCCCC1. The zero-order valence-corrected chi connectivity index (χ0v) is 12.8. The van der Waals surface area contributed by atoms with E-state index in [2.05, 4.69) is 6.58 Å². The molecule has 0 spiro atoms. The number of esters is 1. The van der Waals surface area contributed by atoms with Gasteiger partial charge in [-0.05, 0) is 26.7 Å². The first-order valence-electron chi connectivity index (χ1n) is 7.35. The number of ketones is 1. The highest BCUT2D eigenvalue weighted by molar-refractivity contribution is 5.98. The number of carbonyl (C=O) groups is 3. The molecule has 0 radical (unpaired) electrons. The summed E-state index contributed by atoms with van der Waals surface area (Å²) in [7, 11) is 0. The van der Waals surface area contributed by atoms with E-state index < -0.39 is 23.3 Å². The molecule has 0 aromatic heterocycles. The van der Waals surface area contributed by atoms with E-state index in [0.717, 1.165) is 32.1 Å². The van der Waals surface area contributed by atoms with Crippen LogP contribution in [0.15, 0.2) is 12.2 Å². The number of carbonyl (C=O) groups excluding carboxylic acids is 2. The van der Waals surface area contributed by atoms with Gasteiger partial charge in [-0.15, -0.1) is 0 Å². The van der Waals surface area contributed by atoms with Gasteiger partial charge >= 0.3 is 11.9 Å². The fourth-order valence-electron chi connectivity index (χ4n) is 2.68. The van der Waals surface area contributed by atoms with E-state index in [-0.39, 0.29) is 18.8 Å². The molecule has 5 nitrogen and oxygen atoms in total. The van der Waals surface area contributed by atoms with Gasteiger partial charge in [0.25, 0.3) is 0 Å². The number of hydrogen-bond donors (Lipinski definition) is 1. The van der Waals surface area contributed by atoms with Gasteiger partial charge in [0.05, 0.1) is 6.61 Å². The Morgan fingerprint density at radius 2 is 1.81 bits per heavy atom. The fraction of sp³-hybridized carbons (Fsp3) is 0.688. The molecule has 1 N–H and O–H groups in total. The lowest BCUT2D eigenvalue weighted by atomic mass is 9.70. The van der Waals surface area contributed by atoms with Crippen LogP contribution in [0.5, 0.6) is 0 Å². The van der Waals surface area contributed by atoms with Crippen LogP contribution in [-0.2, 0) is 19.1 Å². The maximum Gasteiger partial charge on any atom is 0.333 e. The Labute approximate surface area is 125 Å². The molecule has 5 heteroatoms. The summed E-state index contributed by atoms with van der Waals surface area (Å²) in [5.41, 5.74) is -0.0874. The molecule has 1 atom stereocenters. The van der Waals surface area contributed by atoms with Crippen molar-refractivity contribution in [3.8, 4) is 0 Å². The molecule has 0 saturated heterocycles. The van der Waals surface area contributed by atoms with Crippen LogP contribution in [-0.4, -0.2) is 29.4 Å². The summed E-state index contributed by atoms with van der Waals surface area (Å²) < 4.78 is 5.25. The van der Waals surface area contributed by atoms with Crippen LogP contribution < -0.4 is 0 Å². The Morgan fingerprint density at radius 1 is 1.24 bits per heavy atom. The minimum atomic E-state index is -1.11. The van der Waals surface area contributed by atoms with Crippen LogP contribution in [0.1, 0.15) is 52.4 Å². The van der Waals surface area contributed by atoms with E-state index in [9.17, 15) is 14.4 Å². The van der Waals surface area contributed by atoms with Crippen molar-refractivity contribution in [1.82, 2.24) is 0 Å². The lowest BCUT2D eigenvalue weighted by Gasteiger charge is -2.36. The standard InChI is InChI=1S/C16H24O5/c1-11(2)15(20)21-10-16(7-5-4-6-8-16)9-13(17)12(3)14(18)19/h12H,1,4-10H2,2-3H3,(H,18,19). The van der Waals surface area contributed by atoms with E-state index in [1.807, 2.05) is 0 Å². The summed E-state index contributed by atoms with van der Waals surface area (Å²) in [6.07, 6.45) is 4.77. The summed E-state index contributed by atoms with van der Waals surface area (Å²) in [6.45, 7) is 6.68. The highest BCUT2D eigenvalue weighted by atomic mass is 16.5. The second kappa shape index (κ2) is 7.38. The maximum atomic E-state index is 12.1. The summed E-state index contributed by atoms with van der Waals surface area (Å²) in [6, 6.07) is 0. The molecule has 118 valence electrons. The maximum absolute atomic E-state index is 12.1. The second-order valence-electron chi connectivity index (χ2n) is 6.12. The predicted octanol–water partition coefficient (Wildman–Crippen LogP) is 2.74. The molecular weight excluding hydrogens is 272 g/mol. The average Bonchev–Trinajstić information content (AvgIpc) is 2.44. The van der Waals surface area contributed by atoms with Gasteiger partial charge in [-0.25, -0.2) is 4.79 Å². The van der Waals surface area contributed by atoms with Crippen LogP contribution >= 0.6 is 0 Å². The first-order chi connectivity index (χ1) is 9.77. The lowest BCUT2D eigenvalue weighted by molar-refractivity contribution is -0.150. The molecule has 0 aromatic rings. The number of hydrogen-bond acceptors (Lipinski definition) is 4. The zero-order chi connectivity index (χ0) is 16.0. The number of aliphatic carboxylic acids is 1.